The van der Waals surface area contributed by atoms with Crippen LogP contribution in [0.3, 0.4) is 0 Å². The highest BCUT2D eigenvalue weighted by molar-refractivity contribution is 9.10. The van der Waals surface area contributed by atoms with Crippen molar-refractivity contribution in [2.75, 3.05) is 27.3 Å². The summed E-state index contributed by atoms with van der Waals surface area (Å²) in [5.41, 5.74) is 1.17. The van der Waals surface area contributed by atoms with Gasteiger partial charge in [0.2, 0.25) is 10.0 Å². The zero-order valence-electron chi connectivity index (χ0n) is 16.2. The lowest BCUT2D eigenvalue weighted by Gasteiger charge is -2.15. The molecule has 2 aromatic carbocycles. The first-order valence-electron chi connectivity index (χ1n) is 9.11. The Morgan fingerprint density at radius 2 is 1.62 bits per heavy atom. The molecule has 0 N–H and O–H groups in total. The van der Waals surface area contributed by atoms with E-state index in [1.54, 1.807) is 44.6 Å². The van der Waals surface area contributed by atoms with Gasteiger partial charge in [0.05, 0.1) is 19.1 Å². The third-order valence-electron chi connectivity index (χ3n) is 4.76. The molecule has 0 saturated carbocycles. The van der Waals surface area contributed by atoms with Gasteiger partial charge in [-0.05, 0) is 67.0 Å². The Hall–Kier alpha value is -2.16. The molecule has 0 bridgehead atoms. The number of ketones is 1. The van der Waals surface area contributed by atoms with E-state index in [1.165, 1.54) is 22.5 Å². The minimum atomic E-state index is -3.48. The molecular weight excluding hydrogens is 458 g/mol. The van der Waals surface area contributed by atoms with Crippen LogP contribution in [0.5, 0.6) is 11.5 Å². The van der Waals surface area contributed by atoms with E-state index in [1.807, 2.05) is 0 Å². The van der Waals surface area contributed by atoms with Crippen LogP contribution in [-0.2, 0) is 10.0 Å². The number of allylic oxidation sites excluding steroid dienone is 1. The van der Waals surface area contributed by atoms with Gasteiger partial charge in [0, 0.05) is 23.1 Å². The molecule has 1 heterocycles. The number of hydrogen-bond acceptors (Lipinski definition) is 5. The van der Waals surface area contributed by atoms with E-state index in [0.717, 1.165) is 22.9 Å². The Bertz CT molecular complexity index is 1030. The van der Waals surface area contributed by atoms with Crippen molar-refractivity contribution in [3.05, 3.63) is 58.1 Å². The SMILES string of the molecule is COc1cc(Br)c(/C=C/C(=O)c2ccc(S(=O)(=O)N3CCCC3)cc2)cc1OC. The predicted octanol–water partition coefficient (Wildman–Crippen LogP) is 4.15. The summed E-state index contributed by atoms with van der Waals surface area (Å²) >= 11 is 3.45. The summed E-state index contributed by atoms with van der Waals surface area (Å²) in [6.07, 6.45) is 4.87. The quantitative estimate of drug-likeness (QED) is 0.440. The first-order chi connectivity index (χ1) is 13.9. The summed E-state index contributed by atoms with van der Waals surface area (Å²) in [7, 11) is -0.388. The fourth-order valence-electron chi connectivity index (χ4n) is 3.13. The van der Waals surface area contributed by atoms with E-state index < -0.39 is 10.0 Å². The van der Waals surface area contributed by atoms with E-state index in [9.17, 15) is 13.2 Å². The first kappa shape index (κ1) is 21.5. The summed E-state index contributed by atoms with van der Waals surface area (Å²) in [4.78, 5) is 12.7. The van der Waals surface area contributed by atoms with Gasteiger partial charge in [-0.15, -0.1) is 0 Å². The van der Waals surface area contributed by atoms with E-state index >= 15 is 0 Å². The van der Waals surface area contributed by atoms with Crippen molar-refractivity contribution < 1.29 is 22.7 Å². The normalized spacial score (nSPS) is 15.0. The fraction of sp³-hybridized carbons (Fsp3) is 0.286. The Balaban J connectivity index is 1.78. The van der Waals surface area contributed by atoms with Crippen LogP contribution >= 0.6 is 15.9 Å². The average molecular weight is 480 g/mol. The van der Waals surface area contributed by atoms with Gasteiger partial charge in [-0.1, -0.05) is 15.9 Å². The van der Waals surface area contributed by atoms with Gasteiger partial charge in [0.1, 0.15) is 0 Å². The molecule has 1 aliphatic heterocycles. The standard InChI is InChI=1S/C21H22BrNO5S/c1-27-20-13-16(18(22)14-21(20)28-2)7-10-19(24)15-5-8-17(9-6-15)29(25,26)23-11-3-4-12-23/h5-10,13-14H,3-4,11-12H2,1-2H3/b10-7+. The molecule has 8 heteroatoms. The molecule has 0 aliphatic carbocycles. The van der Waals surface area contributed by atoms with E-state index in [2.05, 4.69) is 15.9 Å². The zero-order chi connectivity index (χ0) is 21.0. The molecule has 0 spiro atoms. The van der Waals surface area contributed by atoms with Crippen LogP contribution in [0, 0.1) is 0 Å². The van der Waals surface area contributed by atoms with Gasteiger partial charge in [-0.3, -0.25) is 4.79 Å². The van der Waals surface area contributed by atoms with Gasteiger partial charge >= 0.3 is 0 Å². The molecule has 1 fully saturated rings. The van der Waals surface area contributed by atoms with Crippen LogP contribution in [0.2, 0.25) is 0 Å². The smallest absolute Gasteiger partial charge is 0.243 e. The Labute approximate surface area is 179 Å². The second-order valence-corrected chi connectivity index (χ2v) is 9.35. The number of halogens is 1. The third-order valence-corrected chi connectivity index (χ3v) is 7.36. The molecule has 0 atom stereocenters. The molecule has 29 heavy (non-hydrogen) atoms. The number of rotatable bonds is 7. The molecule has 0 amide bonds. The summed E-state index contributed by atoms with van der Waals surface area (Å²) in [6.45, 7) is 1.10. The van der Waals surface area contributed by atoms with Crippen molar-refractivity contribution >= 4 is 37.8 Å². The van der Waals surface area contributed by atoms with E-state index in [0.29, 0.717) is 30.2 Å². The van der Waals surface area contributed by atoms with Crippen LogP contribution < -0.4 is 9.47 Å². The topological polar surface area (TPSA) is 72.9 Å². The monoisotopic (exact) mass is 479 g/mol. The van der Waals surface area contributed by atoms with Gasteiger partial charge in [0.25, 0.3) is 0 Å². The largest absolute Gasteiger partial charge is 0.493 e. The van der Waals surface area contributed by atoms with Gasteiger partial charge in [-0.2, -0.15) is 4.31 Å². The predicted molar refractivity (Wildman–Crippen MR) is 115 cm³/mol. The van der Waals surface area contributed by atoms with Gasteiger partial charge in [-0.25, -0.2) is 8.42 Å². The fourth-order valence-corrected chi connectivity index (χ4v) is 5.10. The van der Waals surface area contributed by atoms with Crippen molar-refractivity contribution in [3.63, 3.8) is 0 Å². The maximum atomic E-state index is 12.6. The van der Waals surface area contributed by atoms with Crippen LogP contribution in [-0.4, -0.2) is 45.8 Å². The molecule has 0 aromatic heterocycles. The number of benzene rings is 2. The van der Waals surface area contributed by atoms with Crippen molar-refractivity contribution in [1.82, 2.24) is 4.31 Å². The number of hydrogen-bond donors (Lipinski definition) is 0. The number of sulfonamides is 1. The zero-order valence-corrected chi connectivity index (χ0v) is 18.6. The number of carbonyl (C=O) groups excluding carboxylic acids is 1. The highest BCUT2D eigenvalue weighted by Crippen LogP contribution is 2.34. The van der Waals surface area contributed by atoms with Crippen molar-refractivity contribution in [1.29, 1.82) is 0 Å². The maximum Gasteiger partial charge on any atom is 0.243 e. The molecule has 0 radical (unpaired) electrons. The van der Waals surface area contributed by atoms with Crippen LogP contribution in [0.25, 0.3) is 6.08 Å². The van der Waals surface area contributed by atoms with Crippen LogP contribution in [0.15, 0.2) is 51.8 Å². The first-order valence-corrected chi connectivity index (χ1v) is 11.3. The molecule has 1 aliphatic rings. The Kier molecular flexibility index (Phi) is 6.77. The Morgan fingerprint density at radius 1 is 1.03 bits per heavy atom. The Morgan fingerprint density at radius 3 is 2.21 bits per heavy atom. The minimum absolute atomic E-state index is 0.211. The summed E-state index contributed by atoms with van der Waals surface area (Å²) in [6, 6.07) is 9.58. The van der Waals surface area contributed by atoms with Gasteiger partial charge < -0.3 is 9.47 Å². The molecule has 3 rings (SSSR count). The molecule has 2 aromatic rings. The highest BCUT2D eigenvalue weighted by atomic mass is 79.9. The molecule has 1 saturated heterocycles. The lowest BCUT2D eigenvalue weighted by Crippen LogP contribution is -2.27. The molecule has 0 unspecified atom stereocenters. The van der Waals surface area contributed by atoms with E-state index in [4.69, 9.17) is 9.47 Å². The highest BCUT2D eigenvalue weighted by Gasteiger charge is 2.27. The number of carbonyl (C=O) groups is 1. The number of nitrogens with zero attached hydrogens (tertiary/aromatic N) is 1. The second-order valence-electron chi connectivity index (χ2n) is 6.56. The molecule has 154 valence electrons. The molecule has 6 nitrogen and oxygen atoms in total. The van der Waals surface area contributed by atoms with Gasteiger partial charge in [0.15, 0.2) is 17.3 Å². The van der Waals surface area contributed by atoms with E-state index in [-0.39, 0.29) is 10.7 Å². The third kappa shape index (κ3) is 4.71. The van der Waals surface area contributed by atoms with Crippen LogP contribution in [0.4, 0.5) is 0 Å². The van der Waals surface area contributed by atoms with Crippen molar-refractivity contribution in [2.24, 2.45) is 0 Å². The minimum Gasteiger partial charge on any atom is -0.493 e. The summed E-state index contributed by atoms with van der Waals surface area (Å²) in [5.74, 6) is 0.911. The lowest BCUT2D eigenvalue weighted by atomic mass is 10.1. The molecular formula is C21H22BrNO5S. The summed E-state index contributed by atoms with van der Waals surface area (Å²) in [5, 5.41) is 0. The summed E-state index contributed by atoms with van der Waals surface area (Å²) < 4.78 is 37.9. The van der Waals surface area contributed by atoms with Crippen molar-refractivity contribution in [3.8, 4) is 11.5 Å². The average Bonchev–Trinajstić information content (AvgIpc) is 3.28. The van der Waals surface area contributed by atoms with Crippen LogP contribution in [0.1, 0.15) is 28.8 Å². The maximum absolute atomic E-state index is 12.6. The number of methoxy groups -OCH3 is 2. The number of ether oxygens (including phenoxy) is 2. The van der Waals surface area contributed by atoms with Crippen molar-refractivity contribution in [2.45, 2.75) is 17.7 Å². The second kappa shape index (κ2) is 9.11. The lowest BCUT2D eigenvalue weighted by molar-refractivity contribution is 0.104.